The van der Waals surface area contributed by atoms with Crippen LogP contribution >= 0.6 is 7.92 Å². The molecule has 0 amide bonds. The Hall–Kier alpha value is -4.15. The minimum atomic E-state index is -1.32. The first kappa shape index (κ1) is 28.9. The topological polar surface area (TPSA) is 71.1 Å². The zero-order valence-electron chi connectivity index (χ0n) is 25.0. The fraction of sp³-hybridized carbons (Fsp3) is 0.278. The van der Waals surface area contributed by atoms with Gasteiger partial charge in [-0.05, 0) is 79.5 Å². The number of esters is 2. The molecule has 1 unspecified atom stereocenters. The van der Waals surface area contributed by atoms with Crippen molar-refractivity contribution in [3.05, 3.63) is 97.1 Å². The number of methoxy groups -OCH3 is 2. The zero-order chi connectivity index (χ0) is 30.4. The molecule has 0 spiro atoms. The van der Waals surface area contributed by atoms with Gasteiger partial charge in [0.1, 0.15) is 17.2 Å². The number of para-hydroxylation sites is 1. The van der Waals surface area contributed by atoms with Crippen LogP contribution in [0.1, 0.15) is 33.6 Å². The third-order valence-electron chi connectivity index (χ3n) is 9.60. The van der Waals surface area contributed by atoms with Gasteiger partial charge in [-0.3, -0.25) is 4.79 Å². The van der Waals surface area contributed by atoms with Gasteiger partial charge in [0, 0.05) is 11.0 Å². The highest BCUT2D eigenvalue weighted by molar-refractivity contribution is 7.80. The standard InChI is InChI=1S/C36H35O6P/c1-34(2)35(3)22-23-36(34,42-32(35)37)33(38)41-30-12-8-6-10-28(30)29-11-7-9-13-31(29)43(26-18-14-24(39-4)15-19-26)27-20-16-25(40-5)17-21-27/h6-21H,22-23H2,1-5H3/t35?,36-/m1/s1. The maximum atomic E-state index is 13.9. The van der Waals surface area contributed by atoms with E-state index in [1.807, 2.05) is 81.4 Å². The quantitative estimate of drug-likeness (QED) is 0.138. The zero-order valence-corrected chi connectivity index (χ0v) is 25.9. The van der Waals surface area contributed by atoms with Crippen LogP contribution in [0.15, 0.2) is 97.1 Å². The van der Waals surface area contributed by atoms with Crippen molar-refractivity contribution in [3.8, 4) is 28.4 Å². The van der Waals surface area contributed by atoms with E-state index < -0.39 is 30.3 Å². The van der Waals surface area contributed by atoms with Gasteiger partial charge in [0.15, 0.2) is 0 Å². The molecule has 2 bridgehead atoms. The van der Waals surface area contributed by atoms with Crippen LogP contribution in [0.3, 0.4) is 0 Å². The van der Waals surface area contributed by atoms with Crippen LogP contribution in [-0.2, 0) is 14.3 Å². The molecule has 0 N–H and O–H groups in total. The summed E-state index contributed by atoms with van der Waals surface area (Å²) < 4.78 is 22.9. The van der Waals surface area contributed by atoms with Crippen molar-refractivity contribution in [3.63, 3.8) is 0 Å². The number of fused-ring (bicyclic) bond motifs is 2. The van der Waals surface area contributed by atoms with Gasteiger partial charge in [-0.2, -0.15) is 0 Å². The monoisotopic (exact) mass is 594 g/mol. The third-order valence-corrected chi connectivity index (χ3v) is 12.1. The summed E-state index contributed by atoms with van der Waals surface area (Å²) >= 11 is 0. The van der Waals surface area contributed by atoms with E-state index in [1.54, 1.807) is 14.2 Å². The molecule has 2 fully saturated rings. The molecule has 1 saturated heterocycles. The van der Waals surface area contributed by atoms with Gasteiger partial charge in [0.25, 0.3) is 0 Å². The first-order valence-corrected chi connectivity index (χ1v) is 15.7. The average Bonchev–Trinajstić information content (AvgIpc) is 3.33. The molecule has 2 aliphatic rings. The predicted molar refractivity (Wildman–Crippen MR) is 169 cm³/mol. The van der Waals surface area contributed by atoms with Crippen LogP contribution in [0.5, 0.6) is 17.2 Å². The molecule has 6 nitrogen and oxygen atoms in total. The fourth-order valence-electron chi connectivity index (χ4n) is 6.45. The molecule has 1 aliphatic carbocycles. The SMILES string of the molecule is COc1ccc(P(c2ccc(OC)cc2)c2ccccc2-c2ccccc2OC(=O)[C@@]23CCC(C)(C(=O)O2)C3(C)C)cc1. The highest BCUT2D eigenvalue weighted by atomic mass is 31.1. The van der Waals surface area contributed by atoms with Crippen molar-refractivity contribution in [2.75, 3.05) is 14.2 Å². The summed E-state index contributed by atoms with van der Waals surface area (Å²) in [5.74, 6) is 1.16. The lowest BCUT2D eigenvalue weighted by atomic mass is 9.66. The summed E-state index contributed by atoms with van der Waals surface area (Å²) in [6.45, 7) is 5.76. The molecule has 4 aromatic carbocycles. The Kier molecular flexibility index (Phi) is 7.30. The van der Waals surface area contributed by atoms with Crippen molar-refractivity contribution in [1.82, 2.24) is 0 Å². The lowest BCUT2D eigenvalue weighted by Gasteiger charge is -2.34. The Balaban J connectivity index is 1.44. The highest BCUT2D eigenvalue weighted by Gasteiger charge is 2.76. The molecule has 4 aromatic rings. The molecule has 220 valence electrons. The largest absolute Gasteiger partial charge is 0.497 e. The molecule has 2 atom stereocenters. The number of hydrogen-bond acceptors (Lipinski definition) is 6. The van der Waals surface area contributed by atoms with E-state index in [0.29, 0.717) is 18.6 Å². The maximum Gasteiger partial charge on any atom is 0.356 e. The van der Waals surface area contributed by atoms with Crippen LogP contribution in [0.25, 0.3) is 11.1 Å². The average molecular weight is 595 g/mol. The van der Waals surface area contributed by atoms with Crippen LogP contribution in [0, 0.1) is 10.8 Å². The lowest BCUT2D eigenvalue weighted by Crippen LogP contribution is -2.50. The Morgan fingerprint density at radius 1 is 0.721 bits per heavy atom. The number of rotatable bonds is 8. The highest BCUT2D eigenvalue weighted by Crippen LogP contribution is 2.65. The minimum Gasteiger partial charge on any atom is -0.497 e. The van der Waals surface area contributed by atoms with Gasteiger partial charge in [-0.15, -0.1) is 0 Å². The van der Waals surface area contributed by atoms with Gasteiger partial charge >= 0.3 is 11.9 Å². The lowest BCUT2D eigenvalue weighted by molar-refractivity contribution is -0.176. The Labute approximate surface area is 253 Å². The van der Waals surface area contributed by atoms with Crippen LogP contribution < -0.4 is 30.1 Å². The van der Waals surface area contributed by atoms with Crippen LogP contribution in [0.2, 0.25) is 0 Å². The molecular weight excluding hydrogens is 559 g/mol. The molecule has 43 heavy (non-hydrogen) atoms. The first-order valence-electron chi connectivity index (χ1n) is 14.4. The second-order valence-electron chi connectivity index (χ2n) is 11.8. The van der Waals surface area contributed by atoms with Gasteiger partial charge in [0.05, 0.1) is 19.6 Å². The van der Waals surface area contributed by atoms with E-state index in [-0.39, 0.29) is 5.97 Å². The van der Waals surface area contributed by atoms with Crippen molar-refractivity contribution in [2.45, 2.75) is 39.2 Å². The van der Waals surface area contributed by atoms with Gasteiger partial charge in [-0.1, -0.05) is 80.6 Å². The Morgan fingerprint density at radius 2 is 1.26 bits per heavy atom. The normalized spacial score (nSPS) is 21.9. The summed E-state index contributed by atoms with van der Waals surface area (Å²) in [5.41, 5.74) is -0.979. The molecule has 0 radical (unpaired) electrons. The summed E-state index contributed by atoms with van der Waals surface area (Å²) in [4.78, 5) is 26.8. The Bertz CT molecular complexity index is 1630. The molecular formula is C36H35O6P. The van der Waals surface area contributed by atoms with Gasteiger partial charge in [-0.25, -0.2) is 4.79 Å². The minimum absolute atomic E-state index is 0.330. The fourth-order valence-corrected chi connectivity index (χ4v) is 8.87. The predicted octanol–water partition coefficient (Wildman–Crippen LogP) is 6.16. The summed E-state index contributed by atoms with van der Waals surface area (Å²) in [7, 11) is 2.30. The van der Waals surface area contributed by atoms with Crippen molar-refractivity contribution in [1.29, 1.82) is 0 Å². The molecule has 6 rings (SSSR count). The molecule has 1 heterocycles. The van der Waals surface area contributed by atoms with Crippen molar-refractivity contribution in [2.24, 2.45) is 10.8 Å². The van der Waals surface area contributed by atoms with E-state index >= 15 is 0 Å². The van der Waals surface area contributed by atoms with Gasteiger partial charge < -0.3 is 18.9 Å². The number of benzene rings is 4. The number of carbonyl (C=O) groups excluding carboxylic acids is 2. The van der Waals surface area contributed by atoms with E-state index in [9.17, 15) is 9.59 Å². The van der Waals surface area contributed by atoms with Crippen LogP contribution in [-0.4, -0.2) is 31.8 Å². The van der Waals surface area contributed by atoms with E-state index in [2.05, 4.69) is 36.4 Å². The van der Waals surface area contributed by atoms with E-state index in [4.69, 9.17) is 18.9 Å². The van der Waals surface area contributed by atoms with Crippen LogP contribution in [0.4, 0.5) is 0 Å². The second kappa shape index (κ2) is 10.8. The van der Waals surface area contributed by atoms with E-state index in [1.165, 1.54) is 0 Å². The molecule has 7 heteroatoms. The molecule has 1 aliphatic heterocycles. The smallest absolute Gasteiger partial charge is 0.356 e. The Morgan fingerprint density at radius 3 is 1.77 bits per heavy atom. The summed E-state index contributed by atoms with van der Waals surface area (Å²) in [6.07, 6.45) is 1.03. The van der Waals surface area contributed by atoms with Crippen molar-refractivity contribution < 1.29 is 28.5 Å². The maximum absolute atomic E-state index is 13.9. The van der Waals surface area contributed by atoms with E-state index in [0.717, 1.165) is 38.5 Å². The number of ether oxygens (including phenoxy) is 4. The summed E-state index contributed by atoms with van der Waals surface area (Å²) in [5, 5.41) is 3.40. The third kappa shape index (κ3) is 4.51. The van der Waals surface area contributed by atoms with Gasteiger partial charge in [0.2, 0.25) is 5.60 Å². The van der Waals surface area contributed by atoms with Crippen molar-refractivity contribution >= 4 is 35.8 Å². The molecule has 1 saturated carbocycles. The first-order chi connectivity index (χ1) is 20.6. The summed E-state index contributed by atoms with van der Waals surface area (Å²) in [6, 6.07) is 32.1. The second-order valence-corrected chi connectivity index (χ2v) is 14.0. The molecule has 0 aromatic heterocycles. The number of carbonyl (C=O) groups is 2. The number of hydrogen-bond donors (Lipinski definition) is 0.